The number of hydrogen-bond acceptors (Lipinski definition) is 1. The highest BCUT2D eigenvalue weighted by atomic mass is 35.5. The summed E-state index contributed by atoms with van der Waals surface area (Å²) in [5.74, 6) is -1.03. The van der Waals surface area contributed by atoms with Crippen LogP contribution in [0.1, 0.15) is 28.3 Å². The van der Waals surface area contributed by atoms with Crippen molar-refractivity contribution in [3.63, 3.8) is 0 Å². The van der Waals surface area contributed by atoms with Crippen LogP contribution >= 0.6 is 11.6 Å². The van der Waals surface area contributed by atoms with E-state index in [-0.39, 0.29) is 18.0 Å². The Kier molecular flexibility index (Phi) is 4.96. The second-order valence-electron chi connectivity index (χ2n) is 5.20. The molecule has 4 heteroatoms. The van der Waals surface area contributed by atoms with Crippen molar-refractivity contribution in [2.75, 3.05) is 7.05 Å². The minimum Gasteiger partial charge on any atom is -0.313 e. The van der Waals surface area contributed by atoms with Gasteiger partial charge >= 0.3 is 0 Å². The molecule has 1 unspecified atom stereocenters. The van der Waals surface area contributed by atoms with E-state index in [1.165, 1.54) is 18.2 Å². The standard InChI is InChI=1S/C17H18ClF2N/c1-10-8-14(18)11(2)7-12(10)17(21-3)9-13-15(19)5-4-6-16(13)20/h4-8,17,21H,9H2,1-3H3. The first-order chi connectivity index (χ1) is 9.93. The van der Waals surface area contributed by atoms with Crippen LogP contribution < -0.4 is 5.32 Å². The van der Waals surface area contributed by atoms with Crippen LogP contribution in [0.4, 0.5) is 8.78 Å². The Morgan fingerprint density at radius 2 is 1.71 bits per heavy atom. The van der Waals surface area contributed by atoms with Gasteiger partial charge in [-0.05, 0) is 62.2 Å². The van der Waals surface area contributed by atoms with Gasteiger partial charge in [-0.25, -0.2) is 8.78 Å². The maximum absolute atomic E-state index is 13.8. The van der Waals surface area contributed by atoms with Crippen LogP contribution in [0.2, 0.25) is 5.02 Å². The Morgan fingerprint density at radius 1 is 1.10 bits per heavy atom. The Labute approximate surface area is 128 Å². The summed E-state index contributed by atoms with van der Waals surface area (Å²) in [7, 11) is 1.78. The summed E-state index contributed by atoms with van der Waals surface area (Å²) in [6, 6.07) is 7.62. The molecule has 0 aliphatic carbocycles. The molecule has 0 radical (unpaired) electrons. The monoisotopic (exact) mass is 309 g/mol. The van der Waals surface area contributed by atoms with Gasteiger partial charge in [0, 0.05) is 16.6 Å². The molecule has 0 aliphatic rings. The molecular weight excluding hydrogens is 292 g/mol. The van der Waals surface area contributed by atoms with Gasteiger partial charge in [0.05, 0.1) is 0 Å². The number of aryl methyl sites for hydroxylation is 2. The SMILES string of the molecule is CNC(Cc1c(F)cccc1F)c1cc(C)c(Cl)cc1C. The summed E-state index contributed by atoms with van der Waals surface area (Å²) in [5, 5.41) is 3.83. The molecule has 0 heterocycles. The molecule has 0 amide bonds. The summed E-state index contributed by atoms with van der Waals surface area (Å²) >= 11 is 6.10. The first kappa shape index (κ1) is 15.9. The van der Waals surface area contributed by atoms with Crippen LogP contribution in [0.3, 0.4) is 0 Å². The van der Waals surface area contributed by atoms with Crippen LogP contribution in [-0.4, -0.2) is 7.05 Å². The molecule has 0 aromatic heterocycles. The molecule has 2 aromatic rings. The number of rotatable bonds is 4. The van der Waals surface area contributed by atoms with Crippen molar-refractivity contribution in [3.8, 4) is 0 Å². The maximum Gasteiger partial charge on any atom is 0.129 e. The van der Waals surface area contributed by atoms with E-state index in [2.05, 4.69) is 5.32 Å². The molecule has 1 atom stereocenters. The molecule has 0 fully saturated rings. The van der Waals surface area contributed by atoms with E-state index < -0.39 is 11.6 Å². The molecule has 0 spiro atoms. The first-order valence-electron chi connectivity index (χ1n) is 6.80. The summed E-state index contributed by atoms with van der Waals surface area (Å²) in [5.41, 5.74) is 3.05. The van der Waals surface area contributed by atoms with Gasteiger partial charge in [0.25, 0.3) is 0 Å². The van der Waals surface area contributed by atoms with Crippen molar-refractivity contribution in [2.45, 2.75) is 26.3 Å². The zero-order valence-electron chi connectivity index (χ0n) is 12.3. The molecule has 21 heavy (non-hydrogen) atoms. The predicted octanol–water partition coefficient (Wildman–Crippen LogP) is 4.74. The first-order valence-corrected chi connectivity index (χ1v) is 7.18. The lowest BCUT2D eigenvalue weighted by Gasteiger charge is -2.21. The fourth-order valence-corrected chi connectivity index (χ4v) is 2.70. The second kappa shape index (κ2) is 6.54. The van der Waals surface area contributed by atoms with Crippen LogP contribution in [0.15, 0.2) is 30.3 Å². The van der Waals surface area contributed by atoms with Crippen LogP contribution in [0, 0.1) is 25.5 Å². The zero-order valence-corrected chi connectivity index (χ0v) is 13.1. The van der Waals surface area contributed by atoms with Crippen molar-refractivity contribution in [3.05, 3.63) is 69.2 Å². The van der Waals surface area contributed by atoms with Gasteiger partial charge in [-0.2, -0.15) is 0 Å². The molecule has 1 nitrogen and oxygen atoms in total. The van der Waals surface area contributed by atoms with Crippen molar-refractivity contribution in [1.82, 2.24) is 5.32 Å². The topological polar surface area (TPSA) is 12.0 Å². The lowest BCUT2D eigenvalue weighted by Crippen LogP contribution is -2.21. The van der Waals surface area contributed by atoms with Crippen LogP contribution in [0.5, 0.6) is 0 Å². The fraction of sp³-hybridized carbons (Fsp3) is 0.294. The summed E-state index contributed by atoms with van der Waals surface area (Å²) in [6.07, 6.45) is 0.247. The van der Waals surface area contributed by atoms with Gasteiger partial charge < -0.3 is 5.32 Å². The molecule has 0 bridgehead atoms. The quantitative estimate of drug-likeness (QED) is 0.860. The van der Waals surface area contributed by atoms with Gasteiger partial charge in [0.2, 0.25) is 0 Å². The fourth-order valence-electron chi connectivity index (χ4n) is 2.48. The Bertz CT molecular complexity index is 635. The normalized spacial score (nSPS) is 12.5. The van der Waals surface area contributed by atoms with Gasteiger partial charge in [-0.15, -0.1) is 0 Å². The molecule has 0 saturated heterocycles. The summed E-state index contributed by atoms with van der Waals surface area (Å²) in [4.78, 5) is 0. The predicted molar refractivity (Wildman–Crippen MR) is 82.8 cm³/mol. The Balaban J connectivity index is 2.39. The number of hydrogen-bond donors (Lipinski definition) is 1. The molecule has 0 aliphatic heterocycles. The molecule has 2 aromatic carbocycles. The van der Waals surface area contributed by atoms with Gasteiger partial charge in [-0.3, -0.25) is 0 Å². The molecular formula is C17H18ClF2N. The Hall–Kier alpha value is -1.45. The smallest absolute Gasteiger partial charge is 0.129 e. The minimum atomic E-state index is -0.515. The molecule has 112 valence electrons. The number of likely N-dealkylation sites (N-methyl/N-ethyl adjacent to an activating group) is 1. The van der Waals surface area contributed by atoms with Crippen molar-refractivity contribution >= 4 is 11.6 Å². The van der Waals surface area contributed by atoms with E-state index in [0.29, 0.717) is 5.02 Å². The number of halogens is 3. The van der Waals surface area contributed by atoms with Crippen molar-refractivity contribution in [1.29, 1.82) is 0 Å². The highest BCUT2D eigenvalue weighted by Gasteiger charge is 2.18. The van der Waals surface area contributed by atoms with Gasteiger partial charge in [0.1, 0.15) is 11.6 Å². The molecule has 2 rings (SSSR count). The van der Waals surface area contributed by atoms with E-state index in [4.69, 9.17) is 11.6 Å². The average Bonchev–Trinajstić information content (AvgIpc) is 2.43. The lowest BCUT2D eigenvalue weighted by molar-refractivity contribution is 0.514. The highest BCUT2D eigenvalue weighted by molar-refractivity contribution is 6.31. The number of benzene rings is 2. The van der Waals surface area contributed by atoms with Gasteiger partial charge in [0.15, 0.2) is 0 Å². The second-order valence-corrected chi connectivity index (χ2v) is 5.61. The van der Waals surface area contributed by atoms with Crippen LogP contribution in [0.25, 0.3) is 0 Å². The Morgan fingerprint density at radius 3 is 2.29 bits per heavy atom. The van der Waals surface area contributed by atoms with E-state index in [1.54, 1.807) is 7.05 Å². The summed E-state index contributed by atoms with van der Waals surface area (Å²) in [6.45, 7) is 3.87. The average molecular weight is 310 g/mol. The van der Waals surface area contributed by atoms with E-state index in [0.717, 1.165) is 16.7 Å². The third-order valence-corrected chi connectivity index (χ3v) is 4.15. The van der Waals surface area contributed by atoms with Gasteiger partial charge in [-0.1, -0.05) is 23.7 Å². The molecule has 1 N–H and O–H groups in total. The zero-order chi connectivity index (χ0) is 15.6. The largest absolute Gasteiger partial charge is 0.313 e. The third kappa shape index (κ3) is 3.42. The third-order valence-electron chi connectivity index (χ3n) is 3.74. The maximum atomic E-state index is 13.8. The van der Waals surface area contributed by atoms with Crippen LogP contribution in [-0.2, 0) is 6.42 Å². The minimum absolute atomic E-state index is 0.101. The van der Waals surface area contributed by atoms with Crippen molar-refractivity contribution in [2.24, 2.45) is 0 Å². The van der Waals surface area contributed by atoms with E-state index in [9.17, 15) is 8.78 Å². The number of nitrogens with one attached hydrogen (secondary N) is 1. The molecule has 0 saturated carbocycles. The van der Waals surface area contributed by atoms with Crippen molar-refractivity contribution < 1.29 is 8.78 Å². The summed E-state index contributed by atoms with van der Waals surface area (Å²) < 4.78 is 27.6. The van der Waals surface area contributed by atoms with E-state index in [1.807, 2.05) is 26.0 Å². The highest BCUT2D eigenvalue weighted by Crippen LogP contribution is 2.28. The van der Waals surface area contributed by atoms with E-state index >= 15 is 0 Å². The lowest BCUT2D eigenvalue weighted by atomic mass is 9.93.